The van der Waals surface area contributed by atoms with Crippen LogP contribution in [-0.2, 0) is 12.8 Å². The quantitative estimate of drug-likeness (QED) is 0.405. The van der Waals surface area contributed by atoms with Gasteiger partial charge >= 0.3 is 0 Å². The standard InChI is InChI=1S/C16H16Cl2N2/c17-15(11-13-7-3-1-4-8-13)19-20-16(18)12-14-9-5-2-6-10-14/h1-10,15-16H,11-12H2. The summed E-state index contributed by atoms with van der Waals surface area (Å²) < 4.78 is 0. The number of rotatable bonds is 6. The summed E-state index contributed by atoms with van der Waals surface area (Å²) >= 11 is 12.3. The first kappa shape index (κ1) is 15.0. The zero-order valence-electron chi connectivity index (χ0n) is 11.0. The smallest absolute Gasteiger partial charge is 0.148 e. The van der Waals surface area contributed by atoms with Crippen LogP contribution < -0.4 is 0 Å². The molecule has 2 unspecified atom stereocenters. The van der Waals surface area contributed by atoms with Gasteiger partial charge in [0.05, 0.1) is 0 Å². The van der Waals surface area contributed by atoms with Gasteiger partial charge in [0.25, 0.3) is 0 Å². The molecule has 2 rings (SSSR count). The first-order chi connectivity index (χ1) is 9.74. The van der Waals surface area contributed by atoms with E-state index in [0.29, 0.717) is 12.8 Å². The molecule has 0 N–H and O–H groups in total. The summed E-state index contributed by atoms with van der Waals surface area (Å²) in [4.78, 5) is 0. The van der Waals surface area contributed by atoms with Gasteiger partial charge in [-0.1, -0.05) is 83.9 Å². The minimum absolute atomic E-state index is 0.380. The minimum Gasteiger partial charge on any atom is -0.173 e. The number of azo groups is 1. The van der Waals surface area contributed by atoms with E-state index in [0.717, 1.165) is 11.1 Å². The van der Waals surface area contributed by atoms with Crippen LogP contribution in [0.4, 0.5) is 0 Å². The topological polar surface area (TPSA) is 24.7 Å². The average Bonchev–Trinajstić information content (AvgIpc) is 2.47. The normalized spacial score (nSPS) is 14.3. The van der Waals surface area contributed by atoms with E-state index in [4.69, 9.17) is 23.2 Å². The van der Waals surface area contributed by atoms with E-state index in [1.807, 2.05) is 60.7 Å². The van der Waals surface area contributed by atoms with E-state index in [2.05, 4.69) is 10.2 Å². The fraction of sp³-hybridized carbons (Fsp3) is 0.250. The van der Waals surface area contributed by atoms with Gasteiger partial charge < -0.3 is 0 Å². The van der Waals surface area contributed by atoms with E-state index in [9.17, 15) is 0 Å². The second kappa shape index (κ2) is 8.03. The van der Waals surface area contributed by atoms with E-state index in [1.54, 1.807) is 0 Å². The summed E-state index contributed by atoms with van der Waals surface area (Å²) in [5, 5.41) is 8.15. The number of benzene rings is 2. The number of nitrogens with zero attached hydrogens (tertiary/aromatic N) is 2. The molecule has 2 aromatic carbocycles. The Morgan fingerprint density at radius 2 is 1.00 bits per heavy atom. The van der Waals surface area contributed by atoms with Crippen molar-refractivity contribution >= 4 is 23.2 Å². The minimum atomic E-state index is -0.380. The lowest BCUT2D eigenvalue weighted by Crippen LogP contribution is -2.03. The molecule has 0 radical (unpaired) electrons. The van der Waals surface area contributed by atoms with E-state index in [-0.39, 0.29) is 11.0 Å². The molecular formula is C16H16Cl2N2. The predicted octanol–water partition coefficient (Wildman–Crippen LogP) is 5.05. The Morgan fingerprint density at radius 3 is 1.35 bits per heavy atom. The molecule has 20 heavy (non-hydrogen) atoms. The van der Waals surface area contributed by atoms with Gasteiger partial charge in [-0.2, -0.15) is 10.2 Å². The molecule has 0 aliphatic heterocycles. The lowest BCUT2D eigenvalue weighted by molar-refractivity contribution is 0.741. The highest BCUT2D eigenvalue weighted by molar-refractivity contribution is 6.21. The number of hydrogen-bond acceptors (Lipinski definition) is 2. The predicted molar refractivity (Wildman–Crippen MR) is 84.4 cm³/mol. The zero-order chi connectivity index (χ0) is 14.2. The molecule has 0 aromatic heterocycles. The van der Waals surface area contributed by atoms with Crippen molar-refractivity contribution in [1.29, 1.82) is 0 Å². The first-order valence-electron chi connectivity index (χ1n) is 6.50. The van der Waals surface area contributed by atoms with Crippen molar-refractivity contribution in [3.05, 3.63) is 71.8 Å². The van der Waals surface area contributed by atoms with Crippen molar-refractivity contribution < 1.29 is 0 Å². The van der Waals surface area contributed by atoms with Crippen LogP contribution in [-0.4, -0.2) is 11.0 Å². The molecule has 104 valence electrons. The van der Waals surface area contributed by atoms with Crippen LogP contribution in [0.1, 0.15) is 11.1 Å². The monoisotopic (exact) mass is 306 g/mol. The van der Waals surface area contributed by atoms with Crippen molar-refractivity contribution in [3.8, 4) is 0 Å². The Morgan fingerprint density at radius 1 is 0.650 bits per heavy atom. The highest BCUT2D eigenvalue weighted by Gasteiger charge is 2.07. The summed E-state index contributed by atoms with van der Waals surface area (Å²) in [6, 6.07) is 20.0. The van der Waals surface area contributed by atoms with Crippen molar-refractivity contribution in [3.63, 3.8) is 0 Å². The summed E-state index contributed by atoms with van der Waals surface area (Å²) in [5.74, 6) is 0. The molecule has 0 aliphatic carbocycles. The SMILES string of the molecule is ClC(Cc1ccccc1)N=NC(Cl)Cc1ccccc1. The number of alkyl halides is 2. The van der Waals surface area contributed by atoms with Gasteiger partial charge in [0.1, 0.15) is 11.0 Å². The van der Waals surface area contributed by atoms with Crippen molar-refractivity contribution in [1.82, 2.24) is 0 Å². The van der Waals surface area contributed by atoms with Crippen LogP contribution in [0, 0.1) is 0 Å². The van der Waals surface area contributed by atoms with Crippen molar-refractivity contribution in [2.24, 2.45) is 10.2 Å². The Kier molecular flexibility index (Phi) is 6.03. The van der Waals surface area contributed by atoms with Crippen LogP contribution in [0.3, 0.4) is 0 Å². The van der Waals surface area contributed by atoms with Crippen molar-refractivity contribution in [2.45, 2.75) is 23.8 Å². The van der Waals surface area contributed by atoms with E-state index < -0.39 is 0 Å². The van der Waals surface area contributed by atoms with Crippen LogP contribution >= 0.6 is 23.2 Å². The third-order valence-electron chi connectivity index (χ3n) is 2.81. The molecular weight excluding hydrogens is 291 g/mol. The summed E-state index contributed by atoms with van der Waals surface area (Å²) in [6.07, 6.45) is 1.31. The van der Waals surface area contributed by atoms with Gasteiger partial charge in [-0.05, 0) is 11.1 Å². The molecule has 0 spiro atoms. The molecule has 0 saturated heterocycles. The molecule has 2 atom stereocenters. The lowest BCUT2D eigenvalue weighted by atomic mass is 10.1. The van der Waals surface area contributed by atoms with Gasteiger partial charge in [0.15, 0.2) is 0 Å². The average molecular weight is 307 g/mol. The second-order valence-corrected chi connectivity index (χ2v) is 5.49. The van der Waals surface area contributed by atoms with E-state index in [1.165, 1.54) is 0 Å². The van der Waals surface area contributed by atoms with Gasteiger partial charge in [0, 0.05) is 12.8 Å². The Hall–Kier alpha value is -1.38. The zero-order valence-corrected chi connectivity index (χ0v) is 12.5. The molecule has 0 amide bonds. The Labute approximate surface area is 129 Å². The van der Waals surface area contributed by atoms with Gasteiger partial charge in [0.2, 0.25) is 0 Å². The number of hydrogen-bond donors (Lipinski definition) is 0. The largest absolute Gasteiger partial charge is 0.173 e. The maximum Gasteiger partial charge on any atom is 0.148 e. The highest BCUT2D eigenvalue weighted by Crippen LogP contribution is 2.13. The maximum atomic E-state index is 6.14. The molecule has 0 aliphatic rings. The molecule has 0 saturated carbocycles. The summed E-state index contributed by atoms with van der Waals surface area (Å²) in [7, 11) is 0. The fourth-order valence-electron chi connectivity index (χ4n) is 1.84. The fourth-order valence-corrected chi connectivity index (χ4v) is 2.30. The summed E-state index contributed by atoms with van der Waals surface area (Å²) in [5.41, 5.74) is 1.52. The van der Waals surface area contributed by atoms with Crippen LogP contribution in [0.5, 0.6) is 0 Å². The molecule has 0 fully saturated rings. The van der Waals surface area contributed by atoms with Crippen LogP contribution in [0.15, 0.2) is 70.9 Å². The van der Waals surface area contributed by atoms with Gasteiger partial charge in [-0.25, -0.2) is 0 Å². The Balaban J connectivity index is 1.82. The Bertz CT molecular complexity index is 479. The summed E-state index contributed by atoms with van der Waals surface area (Å²) in [6.45, 7) is 0. The lowest BCUT2D eigenvalue weighted by Gasteiger charge is -2.06. The van der Waals surface area contributed by atoms with Gasteiger partial charge in [-0.15, -0.1) is 0 Å². The van der Waals surface area contributed by atoms with Crippen molar-refractivity contribution in [2.75, 3.05) is 0 Å². The van der Waals surface area contributed by atoms with Gasteiger partial charge in [-0.3, -0.25) is 0 Å². The second-order valence-electron chi connectivity index (χ2n) is 4.48. The highest BCUT2D eigenvalue weighted by atomic mass is 35.5. The van der Waals surface area contributed by atoms with E-state index >= 15 is 0 Å². The first-order valence-corrected chi connectivity index (χ1v) is 7.37. The number of halogens is 2. The molecule has 2 aromatic rings. The molecule has 0 heterocycles. The molecule has 0 bridgehead atoms. The van der Waals surface area contributed by atoms with Crippen LogP contribution in [0.25, 0.3) is 0 Å². The molecule has 4 heteroatoms. The van der Waals surface area contributed by atoms with Crippen LogP contribution in [0.2, 0.25) is 0 Å². The third kappa shape index (κ3) is 5.32. The maximum absolute atomic E-state index is 6.14. The molecule has 2 nitrogen and oxygen atoms in total. The third-order valence-corrected chi connectivity index (χ3v) is 3.29.